The van der Waals surface area contributed by atoms with Gasteiger partial charge < -0.3 is 4.48 Å². The number of rotatable bonds is 2. The van der Waals surface area contributed by atoms with Crippen molar-refractivity contribution in [2.75, 3.05) is 21.1 Å². The Labute approximate surface area is 52.9 Å². The molecule has 0 aromatic rings. The second kappa shape index (κ2) is 2.49. The summed E-state index contributed by atoms with van der Waals surface area (Å²) in [5, 5.41) is 0. The summed E-state index contributed by atoms with van der Waals surface area (Å²) >= 11 is 0. The molecule has 0 aromatic heterocycles. The van der Waals surface area contributed by atoms with E-state index < -0.39 is 0 Å². The molecule has 0 rings (SSSR count). The van der Waals surface area contributed by atoms with E-state index >= 15 is 0 Å². The largest absolute Gasteiger partial charge is 0.329 e. The lowest BCUT2D eigenvalue weighted by Crippen LogP contribution is -2.42. The van der Waals surface area contributed by atoms with Gasteiger partial charge in [0, 0.05) is 0 Å². The van der Waals surface area contributed by atoms with Crippen molar-refractivity contribution >= 4 is 0 Å². The van der Waals surface area contributed by atoms with E-state index in [1.54, 1.807) is 0 Å². The molecule has 1 unspecified atom stereocenters. The molecule has 0 aliphatic heterocycles. The fourth-order valence-corrected chi connectivity index (χ4v) is 0.387. The lowest BCUT2D eigenvalue weighted by molar-refractivity contribution is -0.893. The van der Waals surface area contributed by atoms with Crippen LogP contribution in [0.2, 0.25) is 0 Å². The third-order valence-corrected chi connectivity index (χ3v) is 1.74. The van der Waals surface area contributed by atoms with Gasteiger partial charge in [0.05, 0.1) is 27.2 Å². The fourth-order valence-electron chi connectivity index (χ4n) is 0.387. The molecule has 0 heterocycles. The Morgan fingerprint density at radius 2 is 1.75 bits per heavy atom. The number of nitrogens with zero attached hydrogens (tertiary/aromatic N) is 1. The zero-order valence-corrected chi connectivity index (χ0v) is 6.44. The number of hydrogen-bond acceptors (Lipinski definition) is 0. The summed E-state index contributed by atoms with van der Waals surface area (Å²) in [6.07, 6.45) is 1.02. The Hall–Kier alpha value is -0.0400. The predicted molar refractivity (Wildman–Crippen MR) is 37.5 cm³/mol. The average molecular weight is 115 g/mol. The number of hydrogen-bond donors (Lipinski definition) is 0. The van der Waals surface area contributed by atoms with Crippen molar-refractivity contribution in [2.24, 2.45) is 0 Å². The lowest BCUT2D eigenvalue weighted by Gasteiger charge is -2.30. The molecule has 0 saturated heterocycles. The van der Waals surface area contributed by atoms with Crippen LogP contribution in [0.5, 0.6) is 0 Å². The zero-order chi connectivity index (χ0) is 6.78. The van der Waals surface area contributed by atoms with Crippen LogP contribution in [0.4, 0.5) is 0 Å². The molecule has 0 spiro atoms. The van der Waals surface area contributed by atoms with Crippen molar-refractivity contribution in [2.45, 2.75) is 19.4 Å². The summed E-state index contributed by atoms with van der Waals surface area (Å²) in [7, 11) is 6.57. The molecule has 1 nitrogen and oxygen atoms in total. The quantitative estimate of drug-likeness (QED) is 0.476. The van der Waals surface area contributed by atoms with E-state index in [9.17, 15) is 0 Å². The van der Waals surface area contributed by atoms with Crippen molar-refractivity contribution in [3.8, 4) is 0 Å². The minimum atomic E-state index is 0.676. The summed E-state index contributed by atoms with van der Waals surface area (Å²) in [4.78, 5) is 0. The molecule has 1 atom stereocenters. The minimum absolute atomic E-state index is 0.676. The summed E-state index contributed by atoms with van der Waals surface area (Å²) < 4.78 is 1.02. The van der Waals surface area contributed by atoms with Crippen LogP contribution in [-0.2, 0) is 0 Å². The molecule has 0 saturated carbocycles. The predicted octanol–water partition coefficient (Wildman–Crippen LogP) is 1.31. The van der Waals surface area contributed by atoms with Gasteiger partial charge in [-0.05, 0) is 20.3 Å². The van der Waals surface area contributed by atoms with Gasteiger partial charge in [-0.3, -0.25) is 0 Å². The van der Waals surface area contributed by atoms with Gasteiger partial charge in [-0.1, -0.05) is 0 Å². The first-order valence-corrected chi connectivity index (χ1v) is 3.09. The van der Waals surface area contributed by atoms with Crippen LogP contribution in [-0.4, -0.2) is 31.7 Å². The Morgan fingerprint density at radius 3 is 1.75 bits per heavy atom. The number of quaternary nitrogens is 1. The molecule has 8 heavy (non-hydrogen) atoms. The van der Waals surface area contributed by atoms with Crippen LogP contribution < -0.4 is 0 Å². The standard InChI is InChI=1S/C7H17N/c1-6-7(2)8(3,4)5/h7H,1,6H2,2-5H3/q+1. The topological polar surface area (TPSA) is 0 Å². The third-order valence-electron chi connectivity index (χ3n) is 1.74. The summed E-state index contributed by atoms with van der Waals surface area (Å²) in [5.74, 6) is 0. The average Bonchev–Trinajstić information content (AvgIpc) is 1.62. The van der Waals surface area contributed by atoms with Crippen molar-refractivity contribution in [1.29, 1.82) is 0 Å². The van der Waals surface area contributed by atoms with Gasteiger partial charge in [-0.25, -0.2) is 0 Å². The molecular weight excluding hydrogens is 98.1 g/mol. The summed E-state index contributed by atoms with van der Waals surface area (Å²) in [6, 6.07) is 0.676. The van der Waals surface area contributed by atoms with E-state index in [0.717, 1.165) is 10.9 Å². The molecule has 0 amide bonds. The van der Waals surface area contributed by atoms with E-state index in [2.05, 4.69) is 35.0 Å². The molecule has 1 radical (unpaired) electrons. The van der Waals surface area contributed by atoms with Crippen molar-refractivity contribution in [3.05, 3.63) is 6.92 Å². The van der Waals surface area contributed by atoms with E-state index in [1.807, 2.05) is 0 Å². The van der Waals surface area contributed by atoms with Crippen molar-refractivity contribution in [3.63, 3.8) is 0 Å². The highest BCUT2D eigenvalue weighted by molar-refractivity contribution is 4.49. The van der Waals surface area contributed by atoms with Gasteiger partial charge in [0.25, 0.3) is 0 Å². The van der Waals surface area contributed by atoms with Gasteiger partial charge in [0.15, 0.2) is 0 Å². The maximum Gasteiger partial charge on any atom is 0.0855 e. The Balaban J connectivity index is 3.62. The molecule has 49 valence electrons. The van der Waals surface area contributed by atoms with E-state index in [1.165, 1.54) is 0 Å². The molecule has 0 N–H and O–H groups in total. The van der Waals surface area contributed by atoms with Gasteiger partial charge in [-0.15, -0.1) is 0 Å². The molecule has 0 bridgehead atoms. The first-order chi connectivity index (χ1) is 3.48. The summed E-state index contributed by atoms with van der Waals surface area (Å²) in [5.41, 5.74) is 0. The highest BCUT2D eigenvalue weighted by Gasteiger charge is 2.14. The van der Waals surface area contributed by atoms with Gasteiger partial charge in [0.1, 0.15) is 0 Å². The second-order valence-electron chi connectivity index (χ2n) is 3.25. The highest BCUT2D eigenvalue weighted by Crippen LogP contribution is 2.03. The Kier molecular flexibility index (Phi) is 2.48. The van der Waals surface area contributed by atoms with E-state index in [-0.39, 0.29) is 0 Å². The Bertz CT molecular complexity index is 61.3. The Morgan fingerprint density at radius 1 is 1.38 bits per heavy atom. The van der Waals surface area contributed by atoms with Crippen LogP contribution in [0, 0.1) is 6.92 Å². The van der Waals surface area contributed by atoms with Gasteiger partial charge in [0.2, 0.25) is 0 Å². The molecule has 0 aromatic carbocycles. The van der Waals surface area contributed by atoms with E-state index in [4.69, 9.17) is 0 Å². The first-order valence-electron chi connectivity index (χ1n) is 3.09. The van der Waals surface area contributed by atoms with Crippen LogP contribution in [0.1, 0.15) is 13.3 Å². The van der Waals surface area contributed by atoms with Crippen molar-refractivity contribution < 1.29 is 4.48 Å². The summed E-state index contributed by atoms with van der Waals surface area (Å²) in [6.45, 7) is 6.05. The van der Waals surface area contributed by atoms with Crippen molar-refractivity contribution in [1.82, 2.24) is 0 Å². The van der Waals surface area contributed by atoms with E-state index in [0.29, 0.717) is 6.04 Å². The van der Waals surface area contributed by atoms with Gasteiger partial charge >= 0.3 is 0 Å². The highest BCUT2D eigenvalue weighted by atomic mass is 15.3. The maximum atomic E-state index is 3.84. The smallest absolute Gasteiger partial charge is 0.0855 e. The lowest BCUT2D eigenvalue weighted by atomic mass is 10.2. The minimum Gasteiger partial charge on any atom is -0.329 e. The SMILES string of the molecule is [CH2]CC(C)[N+](C)(C)C. The zero-order valence-electron chi connectivity index (χ0n) is 6.44. The molecule has 1 heteroatoms. The fraction of sp³-hybridized carbons (Fsp3) is 0.857. The second-order valence-corrected chi connectivity index (χ2v) is 3.25. The monoisotopic (exact) mass is 115 g/mol. The first kappa shape index (κ1) is 7.96. The molecule has 0 aliphatic rings. The molecule has 0 fully saturated rings. The van der Waals surface area contributed by atoms with Crippen LogP contribution >= 0.6 is 0 Å². The normalized spacial score (nSPS) is 16.1. The van der Waals surface area contributed by atoms with Crippen LogP contribution in [0.25, 0.3) is 0 Å². The molecular formula is C7H17N+. The van der Waals surface area contributed by atoms with Crippen LogP contribution in [0.3, 0.4) is 0 Å². The molecule has 0 aliphatic carbocycles. The maximum absolute atomic E-state index is 3.84. The third kappa shape index (κ3) is 2.31. The van der Waals surface area contributed by atoms with Gasteiger partial charge in [-0.2, -0.15) is 0 Å². The van der Waals surface area contributed by atoms with Crippen LogP contribution in [0.15, 0.2) is 0 Å².